The summed E-state index contributed by atoms with van der Waals surface area (Å²) in [5.74, 6) is 0.823. The number of nitrogens with zero attached hydrogens (tertiary/aromatic N) is 1. The number of aryl methyl sites for hydroxylation is 1. The van der Waals surface area contributed by atoms with Crippen LogP contribution in [0.5, 0.6) is 0 Å². The quantitative estimate of drug-likeness (QED) is 0.671. The van der Waals surface area contributed by atoms with Gasteiger partial charge in [0.25, 0.3) is 0 Å². The van der Waals surface area contributed by atoms with Crippen molar-refractivity contribution in [2.45, 2.75) is 31.6 Å². The van der Waals surface area contributed by atoms with Crippen molar-refractivity contribution in [3.63, 3.8) is 0 Å². The van der Waals surface area contributed by atoms with Crippen LogP contribution >= 0.6 is 0 Å². The van der Waals surface area contributed by atoms with Gasteiger partial charge in [0.2, 0.25) is 0 Å². The third kappa shape index (κ3) is 2.10. The van der Waals surface area contributed by atoms with E-state index in [9.17, 15) is 0 Å². The Labute approximate surface area is 78.9 Å². The van der Waals surface area contributed by atoms with Crippen molar-refractivity contribution in [2.75, 3.05) is 13.6 Å². The van der Waals surface area contributed by atoms with E-state index in [1.807, 2.05) is 13.2 Å². The summed E-state index contributed by atoms with van der Waals surface area (Å²) in [6.45, 7) is 1.09. The Morgan fingerprint density at radius 3 is 3.15 bits per heavy atom. The van der Waals surface area contributed by atoms with E-state index in [1.165, 1.54) is 30.5 Å². The van der Waals surface area contributed by atoms with Crippen LogP contribution in [-0.4, -0.2) is 23.8 Å². The van der Waals surface area contributed by atoms with Crippen LogP contribution in [0.2, 0.25) is 0 Å². The standard InChI is InChI=1S/C10H17N3/c1-11-6-2-3-10-9(7-12-13-10)8-4-5-8/h7-8,11H,2-6H2,1H3,(H,12,13). The second-order valence-corrected chi connectivity index (χ2v) is 3.79. The van der Waals surface area contributed by atoms with E-state index in [2.05, 4.69) is 15.5 Å². The average Bonchev–Trinajstić information content (AvgIpc) is 2.88. The minimum absolute atomic E-state index is 0.823. The average molecular weight is 179 g/mol. The highest BCUT2D eigenvalue weighted by Crippen LogP contribution is 2.41. The zero-order valence-corrected chi connectivity index (χ0v) is 8.14. The Morgan fingerprint density at radius 2 is 2.46 bits per heavy atom. The molecule has 1 fully saturated rings. The molecule has 3 nitrogen and oxygen atoms in total. The Kier molecular flexibility index (Phi) is 2.64. The zero-order chi connectivity index (χ0) is 9.10. The molecular formula is C10H17N3. The van der Waals surface area contributed by atoms with Crippen LogP contribution in [0.3, 0.4) is 0 Å². The van der Waals surface area contributed by atoms with Crippen LogP contribution in [0, 0.1) is 0 Å². The molecule has 0 unspecified atom stereocenters. The summed E-state index contributed by atoms with van der Waals surface area (Å²) in [5.41, 5.74) is 2.83. The number of nitrogens with one attached hydrogen (secondary N) is 2. The third-order valence-corrected chi connectivity index (χ3v) is 2.62. The summed E-state index contributed by atoms with van der Waals surface area (Å²) in [4.78, 5) is 0. The fourth-order valence-electron chi connectivity index (χ4n) is 1.71. The minimum atomic E-state index is 0.823. The molecule has 0 aromatic carbocycles. The lowest BCUT2D eigenvalue weighted by atomic mass is 10.1. The fraction of sp³-hybridized carbons (Fsp3) is 0.700. The van der Waals surface area contributed by atoms with Gasteiger partial charge in [0.1, 0.15) is 0 Å². The molecule has 3 heteroatoms. The Hall–Kier alpha value is -0.830. The van der Waals surface area contributed by atoms with E-state index >= 15 is 0 Å². The summed E-state index contributed by atoms with van der Waals surface area (Å²) in [5, 5.41) is 10.4. The molecule has 1 aliphatic rings. The molecule has 0 amide bonds. The molecular weight excluding hydrogens is 162 g/mol. The van der Waals surface area contributed by atoms with Gasteiger partial charge in [-0.25, -0.2) is 0 Å². The summed E-state index contributed by atoms with van der Waals surface area (Å²) < 4.78 is 0. The molecule has 0 spiro atoms. The van der Waals surface area contributed by atoms with Crippen LogP contribution in [0.4, 0.5) is 0 Å². The molecule has 0 atom stereocenters. The Bertz CT molecular complexity index is 263. The first-order valence-corrected chi connectivity index (χ1v) is 5.08. The van der Waals surface area contributed by atoms with Gasteiger partial charge in [-0.2, -0.15) is 5.10 Å². The molecule has 2 rings (SSSR count). The van der Waals surface area contributed by atoms with Gasteiger partial charge in [-0.05, 0) is 50.8 Å². The predicted octanol–water partition coefficient (Wildman–Crippen LogP) is 1.44. The van der Waals surface area contributed by atoms with Crippen LogP contribution < -0.4 is 5.32 Å². The number of hydrogen-bond donors (Lipinski definition) is 2. The minimum Gasteiger partial charge on any atom is -0.320 e. The molecule has 72 valence electrons. The molecule has 1 saturated carbocycles. The van der Waals surface area contributed by atoms with Gasteiger partial charge in [0.05, 0.1) is 6.20 Å². The van der Waals surface area contributed by atoms with Crippen molar-refractivity contribution in [3.05, 3.63) is 17.5 Å². The topological polar surface area (TPSA) is 40.7 Å². The highest BCUT2D eigenvalue weighted by Gasteiger charge is 2.26. The van der Waals surface area contributed by atoms with Gasteiger partial charge in [-0.1, -0.05) is 0 Å². The number of aromatic amines is 1. The van der Waals surface area contributed by atoms with Crippen LogP contribution in [0.15, 0.2) is 6.20 Å². The lowest BCUT2D eigenvalue weighted by Crippen LogP contribution is -2.08. The van der Waals surface area contributed by atoms with Crippen molar-refractivity contribution in [1.29, 1.82) is 0 Å². The molecule has 1 aromatic heterocycles. The van der Waals surface area contributed by atoms with Crippen molar-refractivity contribution < 1.29 is 0 Å². The highest BCUT2D eigenvalue weighted by atomic mass is 15.1. The summed E-state index contributed by atoms with van der Waals surface area (Å²) in [6, 6.07) is 0. The van der Waals surface area contributed by atoms with E-state index in [0.717, 1.165) is 18.9 Å². The summed E-state index contributed by atoms with van der Waals surface area (Å²) in [7, 11) is 1.99. The number of aromatic nitrogens is 2. The van der Waals surface area contributed by atoms with E-state index in [4.69, 9.17) is 0 Å². The normalized spacial score (nSPS) is 16.4. The maximum atomic E-state index is 4.12. The van der Waals surface area contributed by atoms with Gasteiger partial charge in [0, 0.05) is 5.69 Å². The SMILES string of the molecule is CNCCCc1[nH]ncc1C1CC1. The zero-order valence-electron chi connectivity index (χ0n) is 8.14. The molecule has 1 aliphatic carbocycles. The van der Waals surface area contributed by atoms with Gasteiger partial charge >= 0.3 is 0 Å². The molecule has 0 aliphatic heterocycles. The molecule has 1 heterocycles. The fourth-order valence-corrected chi connectivity index (χ4v) is 1.71. The molecule has 0 radical (unpaired) electrons. The van der Waals surface area contributed by atoms with E-state index in [-0.39, 0.29) is 0 Å². The summed E-state index contributed by atoms with van der Waals surface area (Å²) in [6.07, 6.45) is 7.05. The Morgan fingerprint density at radius 1 is 1.62 bits per heavy atom. The second kappa shape index (κ2) is 3.92. The van der Waals surface area contributed by atoms with E-state index in [1.54, 1.807) is 0 Å². The van der Waals surface area contributed by atoms with Crippen molar-refractivity contribution >= 4 is 0 Å². The van der Waals surface area contributed by atoms with Crippen molar-refractivity contribution in [1.82, 2.24) is 15.5 Å². The van der Waals surface area contributed by atoms with Crippen LogP contribution in [0.1, 0.15) is 36.4 Å². The van der Waals surface area contributed by atoms with E-state index in [0.29, 0.717) is 0 Å². The number of rotatable bonds is 5. The lowest BCUT2D eigenvalue weighted by Gasteiger charge is -2.00. The first-order chi connectivity index (χ1) is 6.42. The molecule has 13 heavy (non-hydrogen) atoms. The number of hydrogen-bond acceptors (Lipinski definition) is 2. The molecule has 1 aromatic rings. The van der Waals surface area contributed by atoms with Gasteiger partial charge < -0.3 is 5.32 Å². The third-order valence-electron chi connectivity index (χ3n) is 2.62. The first kappa shape index (κ1) is 8.75. The molecule has 2 N–H and O–H groups in total. The molecule has 0 bridgehead atoms. The van der Waals surface area contributed by atoms with Crippen LogP contribution in [-0.2, 0) is 6.42 Å². The van der Waals surface area contributed by atoms with Crippen molar-refractivity contribution in [2.24, 2.45) is 0 Å². The van der Waals surface area contributed by atoms with Crippen LogP contribution in [0.25, 0.3) is 0 Å². The monoisotopic (exact) mass is 179 g/mol. The predicted molar refractivity (Wildman–Crippen MR) is 52.8 cm³/mol. The lowest BCUT2D eigenvalue weighted by molar-refractivity contribution is 0.709. The maximum Gasteiger partial charge on any atom is 0.0524 e. The summed E-state index contributed by atoms with van der Waals surface area (Å²) >= 11 is 0. The van der Waals surface area contributed by atoms with Gasteiger partial charge in [0.15, 0.2) is 0 Å². The van der Waals surface area contributed by atoms with E-state index < -0.39 is 0 Å². The van der Waals surface area contributed by atoms with Gasteiger partial charge in [-0.15, -0.1) is 0 Å². The largest absolute Gasteiger partial charge is 0.320 e. The first-order valence-electron chi connectivity index (χ1n) is 5.08. The highest BCUT2D eigenvalue weighted by molar-refractivity contribution is 5.25. The maximum absolute atomic E-state index is 4.12. The van der Waals surface area contributed by atoms with Gasteiger partial charge in [-0.3, -0.25) is 5.10 Å². The van der Waals surface area contributed by atoms with Crippen molar-refractivity contribution in [3.8, 4) is 0 Å². The number of H-pyrrole nitrogens is 1. The molecule has 0 saturated heterocycles. The second-order valence-electron chi connectivity index (χ2n) is 3.79. The smallest absolute Gasteiger partial charge is 0.0524 e. The Balaban J connectivity index is 1.90.